The molecule has 1 aromatic rings. The molecule has 3 N–H and O–H groups in total. The lowest BCUT2D eigenvalue weighted by atomic mass is 10.1. The summed E-state index contributed by atoms with van der Waals surface area (Å²) in [7, 11) is 0. The second-order valence-electron chi connectivity index (χ2n) is 4.14. The maximum absolute atomic E-state index is 11.8. The van der Waals surface area contributed by atoms with E-state index in [2.05, 4.69) is 5.32 Å². The number of para-hydroxylation sites is 1. The van der Waals surface area contributed by atoms with Crippen LogP contribution in [0.3, 0.4) is 0 Å². The van der Waals surface area contributed by atoms with Crippen molar-refractivity contribution in [2.75, 3.05) is 5.32 Å². The fourth-order valence-electron chi connectivity index (χ4n) is 1.88. The average Bonchev–Trinajstić information content (AvgIpc) is 2.85. The molecule has 0 bridgehead atoms. The Labute approximate surface area is 104 Å². The van der Waals surface area contributed by atoms with Crippen LogP contribution in [0.1, 0.15) is 23.2 Å². The highest BCUT2D eigenvalue weighted by Gasteiger charge is 2.21. The fraction of sp³-hybridized carbons (Fsp3) is 0.231. The van der Waals surface area contributed by atoms with Gasteiger partial charge in [-0.2, -0.15) is 0 Å². The Hall–Kier alpha value is -2.30. The highest BCUT2D eigenvalue weighted by atomic mass is 16.4. The van der Waals surface area contributed by atoms with Gasteiger partial charge in [0.1, 0.15) is 5.56 Å². The number of hydrogen-bond donors (Lipinski definition) is 3. The van der Waals surface area contributed by atoms with Gasteiger partial charge in [0.25, 0.3) is 0 Å². The van der Waals surface area contributed by atoms with Crippen LogP contribution in [-0.2, 0) is 4.79 Å². The summed E-state index contributed by atoms with van der Waals surface area (Å²) in [5.41, 5.74) is -0.0934. The molecular formula is C13H13NO4. The largest absolute Gasteiger partial charge is 0.505 e. The number of amides is 1. The molecule has 0 spiro atoms. The van der Waals surface area contributed by atoms with Crippen molar-refractivity contribution in [1.82, 2.24) is 0 Å². The van der Waals surface area contributed by atoms with E-state index in [-0.39, 0.29) is 23.1 Å². The first-order valence-corrected chi connectivity index (χ1v) is 5.60. The number of carboxylic acids is 1. The van der Waals surface area contributed by atoms with Gasteiger partial charge in [0.2, 0.25) is 5.91 Å². The Bertz CT molecular complexity index is 514. The van der Waals surface area contributed by atoms with Gasteiger partial charge in [-0.3, -0.25) is 4.79 Å². The number of benzene rings is 1. The summed E-state index contributed by atoms with van der Waals surface area (Å²) < 4.78 is 0. The summed E-state index contributed by atoms with van der Waals surface area (Å²) in [5, 5.41) is 21.1. The number of rotatable bonds is 3. The topological polar surface area (TPSA) is 86.6 Å². The maximum atomic E-state index is 11.8. The predicted octanol–water partition coefficient (Wildman–Crippen LogP) is 2.00. The van der Waals surface area contributed by atoms with Crippen LogP contribution < -0.4 is 5.32 Å². The molecule has 1 aliphatic carbocycles. The van der Waals surface area contributed by atoms with E-state index < -0.39 is 11.7 Å². The number of carboxylic acid groups (broad SMARTS) is 1. The molecule has 0 unspecified atom stereocenters. The van der Waals surface area contributed by atoms with Gasteiger partial charge in [0, 0.05) is 5.92 Å². The van der Waals surface area contributed by atoms with Crippen molar-refractivity contribution in [3.63, 3.8) is 0 Å². The minimum absolute atomic E-state index is 0.131. The number of hydrogen-bond acceptors (Lipinski definition) is 3. The lowest BCUT2D eigenvalue weighted by molar-refractivity contribution is -0.119. The van der Waals surface area contributed by atoms with Crippen molar-refractivity contribution in [3.05, 3.63) is 35.9 Å². The summed E-state index contributed by atoms with van der Waals surface area (Å²) >= 11 is 0. The summed E-state index contributed by atoms with van der Waals surface area (Å²) in [6.07, 6.45) is 5.20. The van der Waals surface area contributed by atoms with Crippen LogP contribution in [-0.4, -0.2) is 22.1 Å². The van der Waals surface area contributed by atoms with Crippen LogP contribution in [0.4, 0.5) is 5.69 Å². The third kappa shape index (κ3) is 2.34. The van der Waals surface area contributed by atoms with E-state index in [0.717, 1.165) is 0 Å². The number of allylic oxidation sites excluding steroid dienone is 2. The van der Waals surface area contributed by atoms with Gasteiger partial charge in [0.15, 0.2) is 5.75 Å². The first-order chi connectivity index (χ1) is 8.59. The molecule has 5 nitrogen and oxygen atoms in total. The monoisotopic (exact) mass is 247 g/mol. The third-order valence-corrected chi connectivity index (χ3v) is 2.90. The Morgan fingerprint density at radius 2 is 1.89 bits per heavy atom. The third-order valence-electron chi connectivity index (χ3n) is 2.90. The van der Waals surface area contributed by atoms with E-state index in [1.54, 1.807) is 0 Å². The molecule has 0 atom stereocenters. The van der Waals surface area contributed by atoms with E-state index >= 15 is 0 Å². The highest BCUT2D eigenvalue weighted by Crippen LogP contribution is 2.29. The van der Waals surface area contributed by atoms with Crippen molar-refractivity contribution in [2.45, 2.75) is 12.8 Å². The van der Waals surface area contributed by atoms with E-state index in [1.165, 1.54) is 18.2 Å². The lowest BCUT2D eigenvalue weighted by Gasteiger charge is -2.12. The predicted molar refractivity (Wildman–Crippen MR) is 65.6 cm³/mol. The minimum atomic E-state index is -1.23. The number of carbonyl (C=O) groups is 2. The number of aromatic carboxylic acids is 1. The zero-order valence-corrected chi connectivity index (χ0v) is 9.59. The second-order valence-corrected chi connectivity index (χ2v) is 4.14. The van der Waals surface area contributed by atoms with Gasteiger partial charge in [-0.05, 0) is 25.0 Å². The molecule has 0 heterocycles. The van der Waals surface area contributed by atoms with E-state index in [1.807, 2.05) is 12.2 Å². The molecule has 0 saturated heterocycles. The Balaban J connectivity index is 2.16. The molecule has 94 valence electrons. The van der Waals surface area contributed by atoms with Crippen LogP contribution in [0.5, 0.6) is 5.75 Å². The number of phenols is 1. The van der Waals surface area contributed by atoms with Crippen molar-refractivity contribution in [3.8, 4) is 5.75 Å². The molecule has 0 saturated carbocycles. The van der Waals surface area contributed by atoms with Crippen LogP contribution >= 0.6 is 0 Å². The number of carbonyl (C=O) groups excluding carboxylic acids is 1. The van der Waals surface area contributed by atoms with E-state index in [9.17, 15) is 14.7 Å². The molecule has 18 heavy (non-hydrogen) atoms. The quantitative estimate of drug-likeness (QED) is 0.563. The Kier molecular flexibility index (Phi) is 3.32. The van der Waals surface area contributed by atoms with E-state index in [4.69, 9.17) is 5.11 Å². The summed E-state index contributed by atoms with van der Waals surface area (Å²) in [4.78, 5) is 22.7. The first-order valence-electron chi connectivity index (χ1n) is 5.60. The molecule has 5 heteroatoms. The summed E-state index contributed by atoms with van der Waals surface area (Å²) in [6, 6.07) is 4.23. The fourth-order valence-corrected chi connectivity index (χ4v) is 1.88. The van der Waals surface area contributed by atoms with Crippen molar-refractivity contribution >= 4 is 17.6 Å². The molecule has 2 rings (SSSR count). The maximum Gasteiger partial charge on any atom is 0.339 e. The van der Waals surface area contributed by atoms with Crippen LogP contribution in [0.25, 0.3) is 0 Å². The van der Waals surface area contributed by atoms with Gasteiger partial charge in [-0.15, -0.1) is 0 Å². The number of aromatic hydroxyl groups is 1. The molecule has 1 amide bonds. The van der Waals surface area contributed by atoms with Gasteiger partial charge < -0.3 is 15.5 Å². The smallest absolute Gasteiger partial charge is 0.339 e. The molecule has 1 aromatic carbocycles. The van der Waals surface area contributed by atoms with Crippen LogP contribution in [0, 0.1) is 5.92 Å². The van der Waals surface area contributed by atoms with Crippen molar-refractivity contribution in [1.29, 1.82) is 0 Å². The average molecular weight is 247 g/mol. The lowest BCUT2D eigenvalue weighted by Crippen LogP contribution is -2.20. The first kappa shape index (κ1) is 12.2. The molecule has 0 aliphatic heterocycles. The normalized spacial score (nSPS) is 14.7. The van der Waals surface area contributed by atoms with Gasteiger partial charge >= 0.3 is 5.97 Å². The molecule has 0 fully saturated rings. The standard InChI is InChI=1S/C13H13NO4/c15-11-9(13(17)18)6-3-7-10(11)14-12(16)8-4-1-2-5-8/h1-3,6-8,15H,4-5H2,(H,14,16)(H,17,18). The summed E-state index contributed by atoms with van der Waals surface area (Å²) in [5.74, 6) is -1.99. The van der Waals surface area contributed by atoms with Crippen molar-refractivity contribution in [2.24, 2.45) is 5.92 Å². The summed E-state index contributed by atoms with van der Waals surface area (Å²) in [6.45, 7) is 0. The Morgan fingerprint density at radius 3 is 2.50 bits per heavy atom. The van der Waals surface area contributed by atoms with Gasteiger partial charge in [-0.25, -0.2) is 4.79 Å². The molecule has 1 aliphatic rings. The van der Waals surface area contributed by atoms with Crippen molar-refractivity contribution < 1.29 is 19.8 Å². The zero-order valence-electron chi connectivity index (χ0n) is 9.59. The number of nitrogens with one attached hydrogen (secondary N) is 1. The van der Waals surface area contributed by atoms with Crippen LogP contribution in [0.2, 0.25) is 0 Å². The molecule has 0 radical (unpaired) electrons. The second kappa shape index (κ2) is 4.91. The Morgan fingerprint density at radius 1 is 1.22 bits per heavy atom. The van der Waals surface area contributed by atoms with Gasteiger partial charge in [0.05, 0.1) is 5.69 Å². The van der Waals surface area contributed by atoms with E-state index in [0.29, 0.717) is 12.8 Å². The SMILES string of the molecule is O=C(O)c1cccc(NC(=O)C2CC=CC2)c1O. The zero-order chi connectivity index (χ0) is 13.1. The highest BCUT2D eigenvalue weighted by molar-refractivity contribution is 5.98. The molecular weight excluding hydrogens is 234 g/mol. The number of anilines is 1. The van der Waals surface area contributed by atoms with Gasteiger partial charge in [-0.1, -0.05) is 18.2 Å². The minimum Gasteiger partial charge on any atom is -0.505 e. The molecule has 0 aromatic heterocycles. The van der Waals surface area contributed by atoms with Crippen LogP contribution in [0.15, 0.2) is 30.4 Å².